The molecular weight excluding hydrogens is 452 g/mol. The number of fused-ring (bicyclic) bond motifs is 1. The van der Waals surface area contributed by atoms with Gasteiger partial charge in [-0.15, -0.1) is 0 Å². The summed E-state index contributed by atoms with van der Waals surface area (Å²) in [6.07, 6.45) is 1.47. The number of nitrogens with zero attached hydrogens (tertiary/aromatic N) is 4. The highest BCUT2D eigenvalue weighted by Crippen LogP contribution is 2.30. The number of hydrogen-bond donors (Lipinski definition) is 1. The van der Waals surface area contributed by atoms with Gasteiger partial charge in [-0.25, -0.2) is 4.98 Å². The lowest BCUT2D eigenvalue weighted by Gasteiger charge is -2.37. The van der Waals surface area contributed by atoms with Gasteiger partial charge in [0, 0.05) is 37.3 Å². The van der Waals surface area contributed by atoms with Gasteiger partial charge in [0.15, 0.2) is 0 Å². The van der Waals surface area contributed by atoms with E-state index < -0.39 is 0 Å². The Bertz CT molecular complexity index is 1240. The van der Waals surface area contributed by atoms with E-state index in [1.54, 1.807) is 29.3 Å². The highest BCUT2D eigenvalue weighted by molar-refractivity contribution is 5.98. The van der Waals surface area contributed by atoms with Crippen LogP contribution in [0.5, 0.6) is 5.88 Å². The fraction of sp³-hybridized carbons (Fsp3) is 0.345. The second-order valence-corrected chi connectivity index (χ2v) is 9.57. The van der Waals surface area contributed by atoms with Crippen molar-refractivity contribution in [2.24, 2.45) is 5.92 Å². The fourth-order valence-corrected chi connectivity index (χ4v) is 4.51. The molecular formula is C29H32N4O3. The zero-order valence-electron chi connectivity index (χ0n) is 21.0. The molecule has 4 rings (SSSR count). The van der Waals surface area contributed by atoms with Crippen LogP contribution >= 0.6 is 0 Å². The van der Waals surface area contributed by atoms with Gasteiger partial charge in [0.25, 0.3) is 5.91 Å². The minimum atomic E-state index is -0.348. The minimum absolute atomic E-state index is 0.0168. The van der Waals surface area contributed by atoms with Gasteiger partial charge >= 0.3 is 0 Å². The smallest absolute Gasteiger partial charge is 0.259 e. The number of likely N-dealkylation sites (N-methyl/N-ethyl adjacent to an activating group) is 1. The van der Waals surface area contributed by atoms with Crippen LogP contribution < -0.4 is 4.74 Å². The number of carbonyl (C=O) groups is 1. The molecule has 0 unspecified atom stereocenters. The molecule has 1 aliphatic rings. The predicted octanol–water partition coefficient (Wildman–Crippen LogP) is 3.97. The number of hydrogen-bond acceptors (Lipinski definition) is 6. The Kier molecular flexibility index (Phi) is 7.99. The number of aromatic nitrogens is 1. The molecule has 3 aromatic rings. The molecule has 1 aliphatic heterocycles. The van der Waals surface area contributed by atoms with Gasteiger partial charge in [-0.3, -0.25) is 9.69 Å². The number of aliphatic hydroxyl groups excluding tert-OH is 1. The standard InChI is InChI=1S/C29H32N4O3/c1-20-16-33(21(2)19-34)29(35)26-13-25(24-11-7-10-23(12-24)14-30)15-31-28(26)36-27(20)18-32(3)17-22-8-5-4-6-9-22/h4-13,15,20-21,27,34H,16-19H2,1-3H3/t20-,21-,27-/m1/s1. The Hall–Kier alpha value is -3.73. The normalized spacial score (nSPS) is 18.6. The third-order valence-electron chi connectivity index (χ3n) is 6.63. The Morgan fingerprint density at radius 3 is 2.69 bits per heavy atom. The second-order valence-electron chi connectivity index (χ2n) is 9.57. The third-order valence-corrected chi connectivity index (χ3v) is 6.63. The van der Waals surface area contributed by atoms with Crippen LogP contribution in [-0.4, -0.2) is 64.7 Å². The van der Waals surface area contributed by atoms with Crippen molar-refractivity contribution >= 4 is 5.91 Å². The summed E-state index contributed by atoms with van der Waals surface area (Å²) in [5.74, 6) is 0.0865. The third kappa shape index (κ3) is 5.73. The van der Waals surface area contributed by atoms with Crippen LogP contribution in [0.1, 0.15) is 35.3 Å². The van der Waals surface area contributed by atoms with Gasteiger partial charge < -0.3 is 14.7 Å². The molecule has 186 valence electrons. The van der Waals surface area contributed by atoms with Crippen molar-refractivity contribution < 1.29 is 14.6 Å². The topological polar surface area (TPSA) is 89.7 Å². The maximum Gasteiger partial charge on any atom is 0.259 e. The summed E-state index contributed by atoms with van der Waals surface area (Å²) in [6, 6.07) is 21.0. The lowest BCUT2D eigenvalue weighted by Crippen LogP contribution is -2.49. The molecule has 7 heteroatoms. The first-order valence-corrected chi connectivity index (χ1v) is 12.2. The number of rotatable bonds is 7. The quantitative estimate of drug-likeness (QED) is 0.546. The number of aliphatic hydroxyl groups is 1. The van der Waals surface area contributed by atoms with Gasteiger partial charge in [-0.2, -0.15) is 5.26 Å². The van der Waals surface area contributed by atoms with E-state index in [0.717, 1.165) is 17.7 Å². The molecule has 0 spiro atoms. The molecule has 36 heavy (non-hydrogen) atoms. The number of nitriles is 1. The molecule has 0 radical (unpaired) electrons. The van der Waals surface area contributed by atoms with Crippen LogP contribution in [0.4, 0.5) is 0 Å². The Morgan fingerprint density at radius 1 is 1.19 bits per heavy atom. The zero-order chi connectivity index (χ0) is 25.7. The van der Waals surface area contributed by atoms with Crippen LogP contribution in [0.15, 0.2) is 66.9 Å². The molecule has 0 aliphatic carbocycles. The Morgan fingerprint density at radius 2 is 1.97 bits per heavy atom. The van der Waals surface area contributed by atoms with E-state index in [9.17, 15) is 15.2 Å². The van der Waals surface area contributed by atoms with Crippen molar-refractivity contribution in [3.63, 3.8) is 0 Å². The van der Waals surface area contributed by atoms with E-state index in [0.29, 0.717) is 30.1 Å². The van der Waals surface area contributed by atoms with Crippen molar-refractivity contribution in [1.82, 2.24) is 14.8 Å². The largest absolute Gasteiger partial charge is 0.472 e. The van der Waals surface area contributed by atoms with Gasteiger partial charge in [0.2, 0.25) is 5.88 Å². The molecule has 7 nitrogen and oxygen atoms in total. The van der Waals surface area contributed by atoms with Gasteiger partial charge in [-0.05, 0) is 43.3 Å². The lowest BCUT2D eigenvalue weighted by molar-refractivity contribution is 0.0325. The van der Waals surface area contributed by atoms with Gasteiger partial charge in [0.1, 0.15) is 11.7 Å². The number of amides is 1. The number of benzene rings is 2. The zero-order valence-corrected chi connectivity index (χ0v) is 21.0. The van der Waals surface area contributed by atoms with Crippen LogP contribution in [0.2, 0.25) is 0 Å². The molecule has 2 heterocycles. The van der Waals surface area contributed by atoms with E-state index in [1.807, 2.05) is 37.3 Å². The minimum Gasteiger partial charge on any atom is -0.472 e. The monoisotopic (exact) mass is 484 g/mol. The predicted molar refractivity (Wildman–Crippen MR) is 138 cm³/mol. The summed E-state index contributed by atoms with van der Waals surface area (Å²) in [6.45, 7) is 5.66. The SMILES string of the molecule is C[C@@H]1CN([C@H](C)CO)C(=O)c2cc(-c3cccc(C#N)c3)cnc2O[C@@H]1CN(C)Cc1ccccc1. The highest BCUT2D eigenvalue weighted by atomic mass is 16.5. The molecule has 1 amide bonds. The second kappa shape index (κ2) is 11.3. The van der Waals surface area contributed by atoms with Crippen LogP contribution in [-0.2, 0) is 6.54 Å². The lowest BCUT2D eigenvalue weighted by atomic mass is 9.98. The molecule has 0 saturated carbocycles. The van der Waals surface area contributed by atoms with Crippen molar-refractivity contribution in [3.8, 4) is 23.1 Å². The molecule has 0 saturated heterocycles. The van der Waals surface area contributed by atoms with E-state index in [4.69, 9.17) is 4.74 Å². The van der Waals surface area contributed by atoms with Crippen LogP contribution in [0.3, 0.4) is 0 Å². The number of ether oxygens (including phenoxy) is 1. The molecule has 0 bridgehead atoms. The highest BCUT2D eigenvalue weighted by Gasteiger charge is 2.34. The molecule has 0 fully saturated rings. The van der Waals surface area contributed by atoms with Gasteiger partial charge in [-0.1, -0.05) is 49.4 Å². The molecule has 1 N–H and O–H groups in total. The van der Waals surface area contributed by atoms with Crippen molar-refractivity contribution in [2.45, 2.75) is 32.5 Å². The first kappa shape index (κ1) is 25.4. The molecule has 2 aromatic carbocycles. The van der Waals surface area contributed by atoms with E-state index in [-0.39, 0.29) is 30.6 Å². The van der Waals surface area contributed by atoms with E-state index in [1.165, 1.54) is 5.56 Å². The first-order chi connectivity index (χ1) is 17.4. The summed E-state index contributed by atoms with van der Waals surface area (Å²) in [5, 5.41) is 19.2. The first-order valence-electron chi connectivity index (χ1n) is 12.2. The van der Waals surface area contributed by atoms with E-state index >= 15 is 0 Å². The summed E-state index contributed by atoms with van der Waals surface area (Å²) in [5.41, 5.74) is 3.64. The Balaban J connectivity index is 1.67. The number of carbonyl (C=O) groups excluding carboxylic acids is 1. The average Bonchev–Trinajstić information content (AvgIpc) is 2.90. The molecule has 1 aromatic heterocycles. The van der Waals surface area contributed by atoms with Gasteiger partial charge in [0.05, 0.1) is 24.3 Å². The van der Waals surface area contributed by atoms with Crippen molar-refractivity contribution in [1.29, 1.82) is 5.26 Å². The molecule has 3 atom stereocenters. The number of pyridine rings is 1. The average molecular weight is 485 g/mol. The fourth-order valence-electron chi connectivity index (χ4n) is 4.51. The van der Waals surface area contributed by atoms with Crippen LogP contribution in [0.25, 0.3) is 11.1 Å². The Labute approximate surface area is 212 Å². The summed E-state index contributed by atoms with van der Waals surface area (Å²) >= 11 is 0. The summed E-state index contributed by atoms with van der Waals surface area (Å²) in [4.78, 5) is 22.1. The van der Waals surface area contributed by atoms with Crippen molar-refractivity contribution in [3.05, 3.63) is 83.6 Å². The maximum atomic E-state index is 13.6. The van der Waals surface area contributed by atoms with Crippen LogP contribution in [0, 0.1) is 17.2 Å². The van der Waals surface area contributed by atoms with Crippen molar-refractivity contribution in [2.75, 3.05) is 26.7 Å². The maximum absolute atomic E-state index is 13.6. The summed E-state index contributed by atoms with van der Waals surface area (Å²) < 4.78 is 6.41. The van der Waals surface area contributed by atoms with E-state index in [2.05, 4.69) is 42.1 Å². The summed E-state index contributed by atoms with van der Waals surface area (Å²) in [7, 11) is 2.06.